The van der Waals surface area contributed by atoms with Crippen LogP contribution in [0.1, 0.15) is 5.82 Å². The molecule has 2 aromatic carbocycles. The second kappa shape index (κ2) is 6.61. The molecule has 0 saturated heterocycles. The predicted octanol–water partition coefficient (Wildman–Crippen LogP) is 4.58. The molecule has 0 radical (unpaired) electrons. The second-order valence-electron chi connectivity index (χ2n) is 5.71. The molecule has 2 heterocycles. The van der Waals surface area contributed by atoms with Crippen molar-refractivity contribution in [2.75, 3.05) is 0 Å². The van der Waals surface area contributed by atoms with Crippen LogP contribution in [0.4, 0.5) is 0 Å². The first-order valence-electron chi connectivity index (χ1n) is 8.08. The van der Waals surface area contributed by atoms with Gasteiger partial charge in [0.05, 0.1) is 0 Å². The maximum atomic E-state index is 4.63. The number of hydrogen-bond donors (Lipinski definition) is 0. The van der Waals surface area contributed by atoms with Gasteiger partial charge in [-0.15, -0.1) is 0 Å². The molecule has 0 bridgehead atoms. The predicted molar refractivity (Wildman–Crippen MR) is 98.7 cm³/mol. The van der Waals surface area contributed by atoms with Gasteiger partial charge in [-0.2, -0.15) is 0 Å². The Kier molecular flexibility index (Phi) is 4.01. The molecule has 2 aromatic heterocycles. The number of pyridine rings is 1. The van der Waals surface area contributed by atoms with Gasteiger partial charge in [-0.1, -0.05) is 54.6 Å². The Morgan fingerprint density at radius 3 is 1.68 bits per heavy atom. The Labute approximate surface area is 146 Å². The van der Waals surface area contributed by atoms with Crippen molar-refractivity contribution >= 4 is 0 Å². The minimum Gasteiger partial charge on any atom is -0.265 e. The standard InChI is InChI=1S/C21H16N4/c1-15-23-20(25-21(24-15)19-11-13-22-14-12-19)18-9-7-17(8-10-18)16-5-3-2-4-6-16/h2-14H,1H3. The van der Waals surface area contributed by atoms with Crippen molar-refractivity contribution in [2.45, 2.75) is 6.92 Å². The molecule has 4 rings (SSSR count). The molecule has 4 aromatic rings. The van der Waals surface area contributed by atoms with Gasteiger partial charge in [0.15, 0.2) is 11.6 Å². The van der Waals surface area contributed by atoms with Crippen molar-refractivity contribution in [1.29, 1.82) is 0 Å². The smallest absolute Gasteiger partial charge is 0.163 e. The van der Waals surface area contributed by atoms with Crippen LogP contribution in [0, 0.1) is 6.92 Å². The van der Waals surface area contributed by atoms with Crippen LogP contribution < -0.4 is 0 Å². The lowest BCUT2D eigenvalue weighted by atomic mass is 10.0. The highest BCUT2D eigenvalue weighted by Gasteiger charge is 2.08. The number of aromatic nitrogens is 4. The fourth-order valence-corrected chi connectivity index (χ4v) is 2.68. The van der Waals surface area contributed by atoms with E-state index in [9.17, 15) is 0 Å². The Bertz CT molecular complexity index is 981. The molecule has 0 fully saturated rings. The van der Waals surface area contributed by atoms with Crippen LogP contribution in [-0.2, 0) is 0 Å². The number of nitrogens with zero attached hydrogens (tertiary/aromatic N) is 4. The number of aryl methyl sites for hydroxylation is 1. The molecule has 120 valence electrons. The summed E-state index contributed by atoms with van der Waals surface area (Å²) in [6, 6.07) is 22.4. The molecule has 4 nitrogen and oxygen atoms in total. The quantitative estimate of drug-likeness (QED) is 0.553. The number of benzene rings is 2. The maximum Gasteiger partial charge on any atom is 0.163 e. The molecule has 0 amide bonds. The summed E-state index contributed by atoms with van der Waals surface area (Å²) in [6.07, 6.45) is 3.48. The summed E-state index contributed by atoms with van der Waals surface area (Å²) >= 11 is 0. The van der Waals surface area contributed by atoms with Gasteiger partial charge in [0.25, 0.3) is 0 Å². The van der Waals surface area contributed by atoms with Crippen LogP contribution in [0.15, 0.2) is 79.1 Å². The fraction of sp³-hybridized carbons (Fsp3) is 0.0476. The third-order valence-electron chi connectivity index (χ3n) is 3.94. The highest BCUT2D eigenvalue weighted by Crippen LogP contribution is 2.24. The van der Waals surface area contributed by atoms with Crippen LogP contribution in [0.3, 0.4) is 0 Å². The van der Waals surface area contributed by atoms with E-state index >= 15 is 0 Å². The maximum absolute atomic E-state index is 4.63. The summed E-state index contributed by atoms with van der Waals surface area (Å²) in [5.74, 6) is 2.04. The summed E-state index contributed by atoms with van der Waals surface area (Å²) in [5.41, 5.74) is 4.27. The van der Waals surface area contributed by atoms with E-state index in [0.717, 1.165) is 11.1 Å². The monoisotopic (exact) mass is 324 g/mol. The highest BCUT2D eigenvalue weighted by molar-refractivity contribution is 5.68. The summed E-state index contributed by atoms with van der Waals surface area (Å²) < 4.78 is 0. The molecule has 4 heteroatoms. The van der Waals surface area contributed by atoms with Crippen LogP contribution in [0.2, 0.25) is 0 Å². The van der Waals surface area contributed by atoms with E-state index in [1.165, 1.54) is 11.1 Å². The Balaban J connectivity index is 1.71. The molecular weight excluding hydrogens is 308 g/mol. The average molecular weight is 324 g/mol. The van der Waals surface area contributed by atoms with E-state index < -0.39 is 0 Å². The van der Waals surface area contributed by atoms with Crippen LogP contribution in [0.25, 0.3) is 33.9 Å². The SMILES string of the molecule is Cc1nc(-c2ccncc2)nc(-c2ccc(-c3ccccc3)cc2)n1. The van der Waals surface area contributed by atoms with Gasteiger partial charge in [-0.25, -0.2) is 15.0 Å². The zero-order valence-corrected chi connectivity index (χ0v) is 13.8. The molecule has 25 heavy (non-hydrogen) atoms. The normalized spacial score (nSPS) is 10.6. The van der Waals surface area contributed by atoms with Gasteiger partial charge in [0, 0.05) is 23.5 Å². The van der Waals surface area contributed by atoms with Gasteiger partial charge >= 0.3 is 0 Å². The third kappa shape index (κ3) is 3.28. The minimum atomic E-state index is 0.664. The van der Waals surface area contributed by atoms with Crippen molar-refractivity contribution < 1.29 is 0 Å². The zero-order chi connectivity index (χ0) is 17.1. The van der Waals surface area contributed by atoms with Crippen molar-refractivity contribution in [1.82, 2.24) is 19.9 Å². The second-order valence-corrected chi connectivity index (χ2v) is 5.71. The molecule has 0 unspecified atom stereocenters. The lowest BCUT2D eigenvalue weighted by Crippen LogP contribution is -1.99. The molecule has 0 spiro atoms. The number of rotatable bonds is 3. The molecule has 0 N–H and O–H groups in total. The summed E-state index contributed by atoms with van der Waals surface area (Å²) in [5, 5.41) is 0. The van der Waals surface area contributed by atoms with Crippen molar-refractivity contribution in [2.24, 2.45) is 0 Å². The lowest BCUT2D eigenvalue weighted by Gasteiger charge is -2.07. The van der Waals surface area contributed by atoms with Crippen molar-refractivity contribution in [3.8, 4) is 33.9 Å². The minimum absolute atomic E-state index is 0.664. The summed E-state index contributed by atoms with van der Waals surface area (Å²) in [4.78, 5) is 17.6. The van der Waals surface area contributed by atoms with E-state index in [2.05, 4.69) is 44.2 Å². The first-order valence-corrected chi connectivity index (χ1v) is 8.08. The first-order chi connectivity index (χ1) is 12.3. The van der Waals surface area contributed by atoms with E-state index in [-0.39, 0.29) is 0 Å². The van der Waals surface area contributed by atoms with Gasteiger partial charge in [-0.3, -0.25) is 4.98 Å². The first kappa shape index (κ1) is 15.1. The Morgan fingerprint density at radius 2 is 1.04 bits per heavy atom. The third-order valence-corrected chi connectivity index (χ3v) is 3.94. The van der Waals surface area contributed by atoms with Crippen molar-refractivity contribution in [3.63, 3.8) is 0 Å². The highest BCUT2D eigenvalue weighted by atomic mass is 15.0. The van der Waals surface area contributed by atoms with Crippen molar-refractivity contribution in [3.05, 3.63) is 84.9 Å². The fourth-order valence-electron chi connectivity index (χ4n) is 2.68. The van der Waals surface area contributed by atoms with Gasteiger partial charge in [-0.05, 0) is 30.2 Å². The van der Waals surface area contributed by atoms with Gasteiger partial charge in [0.2, 0.25) is 0 Å². The molecule has 0 saturated carbocycles. The zero-order valence-electron chi connectivity index (χ0n) is 13.8. The average Bonchev–Trinajstić information content (AvgIpc) is 2.69. The van der Waals surface area contributed by atoms with Crippen LogP contribution in [0.5, 0.6) is 0 Å². The van der Waals surface area contributed by atoms with Gasteiger partial charge in [0.1, 0.15) is 5.82 Å². The molecule has 0 atom stereocenters. The summed E-state index contributed by atoms with van der Waals surface area (Å²) in [7, 11) is 0. The largest absolute Gasteiger partial charge is 0.265 e. The van der Waals surface area contributed by atoms with E-state index in [4.69, 9.17) is 0 Å². The molecule has 0 aliphatic heterocycles. The Morgan fingerprint density at radius 1 is 0.520 bits per heavy atom. The van der Waals surface area contributed by atoms with Crippen LogP contribution >= 0.6 is 0 Å². The summed E-state index contributed by atoms with van der Waals surface area (Å²) in [6.45, 7) is 1.88. The topological polar surface area (TPSA) is 51.6 Å². The van der Waals surface area contributed by atoms with E-state index in [0.29, 0.717) is 17.5 Å². The molecular formula is C21H16N4. The van der Waals surface area contributed by atoms with Crippen LogP contribution in [-0.4, -0.2) is 19.9 Å². The van der Waals surface area contributed by atoms with Gasteiger partial charge < -0.3 is 0 Å². The van der Waals surface area contributed by atoms with E-state index in [1.54, 1.807) is 12.4 Å². The lowest BCUT2D eigenvalue weighted by molar-refractivity contribution is 0.991. The molecule has 0 aliphatic rings. The van der Waals surface area contributed by atoms with E-state index in [1.807, 2.05) is 49.4 Å². The number of hydrogen-bond acceptors (Lipinski definition) is 4. The molecule has 0 aliphatic carbocycles. The Hall–Kier alpha value is -3.40.